The minimum absolute atomic E-state index is 0.207. The molecule has 2 N–H and O–H groups in total. The van der Waals surface area contributed by atoms with Crippen LogP contribution in [0.15, 0.2) is 60.9 Å². The summed E-state index contributed by atoms with van der Waals surface area (Å²) < 4.78 is 5.94. The molecule has 1 unspecified atom stereocenters. The normalized spacial score (nSPS) is 15.9. The first-order chi connectivity index (χ1) is 16.6. The van der Waals surface area contributed by atoms with Crippen molar-refractivity contribution in [3.63, 3.8) is 0 Å². The van der Waals surface area contributed by atoms with Gasteiger partial charge in [0.15, 0.2) is 0 Å². The third-order valence-corrected chi connectivity index (χ3v) is 6.17. The van der Waals surface area contributed by atoms with Crippen LogP contribution >= 0.6 is 0 Å². The second-order valence-corrected chi connectivity index (χ2v) is 8.47. The highest BCUT2D eigenvalue weighted by atomic mass is 16.5. The molecule has 1 aliphatic heterocycles. The second kappa shape index (κ2) is 9.58. The van der Waals surface area contributed by atoms with E-state index in [9.17, 15) is 4.79 Å². The van der Waals surface area contributed by atoms with Crippen LogP contribution in [0.4, 0.5) is 0 Å². The molecule has 1 amide bonds. The van der Waals surface area contributed by atoms with Crippen LogP contribution in [0.5, 0.6) is 11.6 Å². The molecule has 4 aromatic rings. The minimum atomic E-state index is -0.430. The number of pyridine rings is 2. The first kappa shape index (κ1) is 22.0. The predicted octanol–water partition coefficient (Wildman–Crippen LogP) is 2.84. The maximum atomic E-state index is 11.7. The predicted molar refractivity (Wildman–Crippen MR) is 127 cm³/mol. The number of amides is 1. The molecule has 0 radical (unpaired) electrons. The number of hydrogen-bond donors (Lipinski definition) is 2. The number of likely N-dealkylation sites (tertiary alicyclic amines) is 1. The molecule has 1 aromatic carbocycles. The minimum Gasteiger partial charge on any atom is -0.439 e. The second-order valence-electron chi connectivity index (χ2n) is 8.47. The van der Waals surface area contributed by atoms with Gasteiger partial charge in [0.2, 0.25) is 11.8 Å². The Hall–Kier alpha value is -3.82. The lowest BCUT2D eigenvalue weighted by atomic mass is 10.1. The molecular weight excluding hydrogens is 432 g/mol. The molecule has 1 atom stereocenters. The molecule has 34 heavy (non-hydrogen) atoms. The number of nitrogens with one attached hydrogen (secondary N) is 1. The lowest BCUT2D eigenvalue weighted by Crippen LogP contribution is -2.37. The van der Waals surface area contributed by atoms with Gasteiger partial charge in [-0.25, -0.2) is 4.98 Å². The summed E-state index contributed by atoms with van der Waals surface area (Å²) in [5, 5.41) is 16.9. The van der Waals surface area contributed by atoms with Crippen LogP contribution in [0, 0.1) is 0 Å². The molecule has 5 rings (SSSR count). The summed E-state index contributed by atoms with van der Waals surface area (Å²) in [6.45, 7) is 1.58. The fraction of sp³-hybridized carbons (Fsp3) is 0.280. The molecular formula is C25H26N6O3. The van der Waals surface area contributed by atoms with E-state index in [0.29, 0.717) is 31.3 Å². The number of nitrogens with zero attached hydrogens (tertiary/aromatic N) is 5. The zero-order chi connectivity index (χ0) is 23.5. The number of ether oxygens (including phenoxy) is 1. The maximum Gasteiger partial charge on any atom is 0.248 e. The molecule has 0 aliphatic carbocycles. The van der Waals surface area contributed by atoms with E-state index in [-0.39, 0.29) is 11.9 Å². The van der Waals surface area contributed by atoms with Gasteiger partial charge < -0.3 is 14.7 Å². The summed E-state index contributed by atoms with van der Waals surface area (Å²) in [6, 6.07) is 15.8. The van der Waals surface area contributed by atoms with Crippen LogP contribution in [0.2, 0.25) is 0 Å². The molecule has 0 spiro atoms. The number of likely N-dealkylation sites (N-methyl/N-ethyl adjacent to an activating group) is 1. The summed E-state index contributed by atoms with van der Waals surface area (Å²) in [7, 11) is 2.05. The smallest absolute Gasteiger partial charge is 0.248 e. The van der Waals surface area contributed by atoms with Crippen molar-refractivity contribution in [3.8, 4) is 22.9 Å². The SMILES string of the molecule is CN(Cc1ccc2cc(Oc3ccc(-c4ccn[nH]4)cn3)ccc2n1)C1CCN(C(=O)CO)C1. The van der Waals surface area contributed by atoms with E-state index < -0.39 is 6.61 Å². The van der Waals surface area contributed by atoms with Crippen molar-refractivity contribution in [1.82, 2.24) is 30.0 Å². The molecule has 9 nitrogen and oxygen atoms in total. The van der Waals surface area contributed by atoms with Crippen LogP contribution in [0.25, 0.3) is 22.2 Å². The van der Waals surface area contributed by atoms with E-state index in [4.69, 9.17) is 14.8 Å². The first-order valence-electron chi connectivity index (χ1n) is 11.2. The fourth-order valence-electron chi connectivity index (χ4n) is 4.25. The van der Waals surface area contributed by atoms with Gasteiger partial charge in [-0.1, -0.05) is 6.07 Å². The van der Waals surface area contributed by atoms with E-state index in [1.165, 1.54) is 0 Å². The van der Waals surface area contributed by atoms with Crippen molar-refractivity contribution >= 4 is 16.8 Å². The Morgan fingerprint density at radius 2 is 2.15 bits per heavy atom. The number of fused-ring (bicyclic) bond motifs is 1. The molecule has 0 saturated carbocycles. The molecule has 1 fully saturated rings. The van der Waals surface area contributed by atoms with E-state index >= 15 is 0 Å². The van der Waals surface area contributed by atoms with Gasteiger partial charge in [0.25, 0.3) is 0 Å². The monoisotopic (exact) mass is 458 g/mol. The van der Waals surface area contributed by atoms with Crippen LogP contribution in [0.1, 0.15) is 12.1 Å². The van der Waals surface area contributed by atoms with Crippen LogP contribution in [-0.4, -0.2) is 73.8 Å². The van der Waals surface area contributed by atoms with Crippen molar-refractivity contribution in [3.05, 3.63) is 66.6 Å². The van der Waals surface area contributed by atoms with E-state index in [1.54, 1.807) is 17.3 Å². The summed E-state index contributed by atoms with van der Waals surface area (Å²) in [5.74, 6) is 1.00. The molecule has 4 heterocycles. The highest BCUT2D eigenvalue weighted by Gasteiger charge is 2.28. The number of aromatic nitrogens is 4. The molecule has 3 aromatic heterocycles. The van der Waals surface area contributed by atoms with Crippen LogP contribution in [-0.2, 0) is 11.3 Å². The lowest BCUT2D eigenvalue weighted by Gasteiger charge is -2.24. The quantitative estimate of drug-likeness (QED) is 0.438. The molecule has 1 saturated heterocycles. The number of H-pyrrole nitrogens is 1. The van der Waals surface area contributed by atoms with Crippen molar-refractivity contribution in [2.75, 3.05) is 26.7 Å². The van der Waals surface area contributed by atoms with Crippen LogP contribution < -0.4 is 4.74 Å². The van der Waals surface area contributed by atoms with E-state index in [0.717, 1.165) is 34.3 Å². The summed E-state index contributed by atoms with van der Waals surface area (Å²) in [4.78, 5) is 24.8. The van der Waals surface area contributed by atoms with Gasteiger partial charge in [-0.15, -0.1) is 0 Å². The lowest BCUT2D eigenvalue weighted by molar-refractivity contribution is -0.133. The van der Waals surface area contributed by atoms with E-state index in [1.807, 2.05) is 55.6 Å². The third kappa shape index (κ3) is 4.75. The Bertz CT molecular complexity index is 1280. The zero-order valence-electron chi connectivity index (χ0n) is 18.9. The van der Waals surface area contributed by atoms with Crippen molar-refractivity contribution in [1.29, 1.82) is 0 Å². The first-order valence-corrected chi connectivity index (χ1v) is 11.2. The van der Waals surface area contributed by atoms with Gasteiger partial charge in [0.05, 0.1) is 16.9 Å². The average molecular weight is 459 g/mol. The topological polar surface area (TPSA) is 107 Å². The number of hydrogen-bond acceptors (Lipinski definition) is 7. The van der Waals surface area contributed by atoms with Crippen molar-refractivity contribution in [2.45, 2.75) is 19.0 Å². The highest BCUT2D eigenvalue weighted by Crippen LogP contribution is 2.26. The Labute approximate surface area is 197 Å². The van der Waals surface area contributed by atoms with Gasteiger partial charge in [-0.2, -0.15) is 5.10 Å². The third-order valence-electron chi connectivity index (χ3n) is 6.17. The van der Waals surface area contributed by atoms with E-state index in [2.05, 4.69) is 20.1 Å². The maximum absolute atomic E-state index is 11.7. The Morgan fingerprint density at radius 3 is 2.91 bits per heavy atom. The number of carbonyl (C=O) groups is 1. The number of benzene rings is 1. The molecule has 174 valence electrons. The van der Waals surface area contributed by atoms with Gasteiger partial charge in [0.1, 0.15) is 12.4 Å². The number of rotatable bonds is 7. The highest BCUT2D eigenvalue weighted by molar-refractivity contribution is 5.80. The summed E-state index contributed by atoms with van der Waals surface area (Å²) in [5.41, 5.74) is 3.70. The Kier molecular flexibility index (Phi) is 6.20. The van der Waals surface area contributed by atoms with Gasteiger partial charge in [-0.05, 0) is 49.9 Å². The number of aliphatic hydroxyl groups excluding tert-OH is 1. The van der Waals surface area contributed by atoms with Crippen molar-refractivity contribution in [2.24, 2.45) is 0 Å². The fourth-order valence-corrected chi connectivity index (χ4v) is 4.25. The molecule has 9 heteroatoms. The van der Waals surface area contributed by atoms with Crippen LogP contribution in [0.3, 0.4) is 0 Å². The average Bonchev–Trinajstić information content (AvgIpc) is 3.57. The standard InChI is InChI=1S/C25H26N6O3/c1-30(20-9-11-31(15-20)25(33)16-32)14-19-4-2-17-12-21(5-6-22(17)28-19)34-24-7-3-18(13-26-24)23-8-10-27-29-23/h2-8,10,12-13,20,32H,9,11,14-16H2,1H3,(H,27,29). The number of carbonyl (C=O) groups excluding carboxylic acids is 1. The van der Waals surface area contributed by atoms with Gasteiger partial charge >= 0.3 is 0 Å². The summed E-state index contributed by atoms with van der Waals surface area (Å²) in [6.07, 6.45) is 4.35. The Balaban J connectivity index is 1.23. The summed E-state index contributed by atoms with van der Waals surface area (Å²) >= 11 is 0. The van der Waals surface area contributed by atoms with Gasteiger partial charge in [0, 0.05) is 55.1 Å². The van der Waals surface area contributed by atoms with Gasteiger partial charge in [-0.3, -0.25) is 19.8 Å². The molecule has 1 aliphatic rings. The zero-order valence-corrected chi connectivity index (χ0v) is 18.9. The number of aliphatic hydroxyl groups is 1. The van der Waals surface area contributed by atoms with Crippen molar-refractivity contribution < 1.29 is 14.6 Å². The number of aromatic amines is 1. The largest absolute Gasteiger partial charge is 0.439 e. The molecule has 0 bridgehead atoms. The Morgan fingerprint density at radius 1 is 1.24 bits per heavy atom.